The maximum Gasteiger partial charge on any atom is 0.341 e. The van der Waals surface area contributed by atoms with Crippen molar-refractivity contribution >= 4 is 39.4 Å². The Bertz CT molecular complexity index is 1860. The third kappa shape index (κ3) is 5.04. The van der Waals surface area contributed by atoms with Crippen LogP contribution in [0.1, 0.15) is 35.4 Å². The third-order valence-corrected chi connectivity index (χ3v) is 7.97. The number of aromatic amines is 1. The molecule has 0 spiro atoms. The van der Waals surface area contributed by atoms with Crippen molar-refractivity contribution in [2.24, 2.45) is 0 Å². The molecule has 2 saturated heterocycles. The van der Waals surface area contributed by atoms with E-state index in [1.54, 1.807) is 30.1 Å². The van der Waals surface area contributed by atoms with Crippen LogP contribution >= 0.6 is 0 Å². The lowest BCUT2D eigenvalue weighted by atomic mass is 10.0. The molecule has 0 aliphatic carbocycles. The highest BCUT2D eigenvalue weighted by Gasteiger charge is 2.29. The number of anilines is 1. The average molecular weight is 592 g/mol. The number of hydrogen-bond donors (Lipinski definition) is 4. The lowest BCUT2D eigenvalue weighted by molar-refractivity contribution is 0.0533. The molecule has 2 fully saturated rings. The molecule has 4 aromatic heterocycles. The summed E-state index contributed by atoms with van der Waals surface area (Å²) in [5.74, 6) is -2.71. The van der Waals surface area contributed by atoms with Crippen LogP contribution in [-0.2, 0) is 4.74 Å². The normalized spacial score (nSPS) is 19.3. The Kier molecular flexibility index (Phi) is 7.44. The first-order valence-electron chi connectivity index (χ1n) is 14.0. The number of morpholine rings is 1. The van der Waals surface area contributed by atoms with Crippen LogP contribution in [0, 0.1) is 5.82 Å². The average Bonchev–Trinajstić information content (AvgIpc) is 3.64. The molecule has 2 atom stereocenters. The van der Waals surface area contributed by atoms with Crippen LogP contribution in [-0.4, -0.2) is 76.5 Å². The zero-order chi connectivity index (χ0) is 30.4. The van der Waals surface area contributed by atoms with Gasteiger partial charge in [-0.3, -0.25) is 4.79 Å². The Morgan fingerprint density at radius 1 is 1.33 bits per heavy atom. The molecule has 224 valence electrons. The molecule has 11 nitrogen and oxygen atoms in total. The van der Waals surface area contributed by atoms with Gasteiger partial charge in [-0.05, 0) is 32.0 Å². The summed E-state index contributed by atoms with van der Waals surface area (Å²) in [6.45, 7) is 7.87. The van der Waals surface area contributed by atoms with Crippen LogP contribution in [0.25, 0.3) is 38.9 Å². The fourth-order valence-electron chi connectivity index (χ4n) is 5.96. The summed E-state index contributed by atoms with van der Waals surface area (Å²) in [5, 5.41) is 16.2. The van der Waals surface area contributed by atoms with E-state index in [1.165, 1.54) is 6.20 Å². The number of hydrogen-bond acceptors (Lipinski definition) is 8. The summed E-state index contributed by atoms with van der Waals surface area (Å²) >= 11 is 0. The molecule has 6 rings (SSSR count). The van der Waals surface area contributed by atoms with Crippen molar-refractivity contribution in [1.82, 2.24) is 30.2 Å². The van der Waals surface area contributed by atoms with Gasteiger partial charge in [-0.15, -0.1) is 0 Å². The lowest BCUT2D eigenvalue weighted by Crippen LogP contribution is -2.41. The predicted molar refractivity (Wildman–Crippen MR) is 159 cm³/mol. The number of ether oxygens (including phenoxy) is 1. The number of fused-ring (bicyclic) bond motifs is 2. The van der Waals surface area contributed by atoms with E-state index >= 15 is 4.39 Å². The number of halogens is 2. The monoisotopic (exact) mass is 591 g/mol. The number of carbonyl (C=O) groups is 1. The highest BCUT2D eigenvalue weighted by molar-refractivity contribution is 6.02. The maximum absolute atomic E-state index is 16.3. The zero-order valence-electron chi connectivity index (χ0n) is 23.7. The molecule has 0 saturated carbocycles. The number of nitrogens with zero attached hydrogens (tertiary/aromatic N) is 4. The minimum Gasteiger partial charge on any atom is -0.477 e. The Balaban J connectivity index is 1.61. The minimum absolute atomic E-state index is 0.0132. The van der Waals surface area contributed by atoms with Gasteiger partial charge in [-0.1, -0.05) is 6.58 Å². The van der Waals surface area contributed by atoms with Crippen molar-refractivity contribution in [3.8, 4) is 11.1 Å². The Labute approximate surface area is 244 Å². The number of pyridine rings is 3. The van der Waals surface area contributed by atoms with Gasteiger partial charge in [0.05, 0.1) is 34.9 Å². The molecular formula is C30H31F2N7O4. The van der Waals surface area contributed by atoms with Crippen LogP contribution < -0.4 is 21.0 Å². The summed E-state index contributed by atoms with van der Waals surface area (Å²) in [7, 11) is 1.55. The van der Waals surface area contributed by atoms with E-state index in [-0.39, 0.29) is 45.5 Å². The van der Waals surface area contributed by atoms with Crippen molar-refractivity contribution < 1.29 is 23.4 Å². The minimum atomic E-state index is -1.32. The van der Waals surface area contributed by atoms with Crippen LogP contribution in [0.15, 0.2) is 47.9 Å². The summed E-state index contributed by atoms with van der Waals surface area (Å²) in [4.78, 5) is 39.6. The van der Waals surface area contributed by atoms with Gasteiger partial charge in [0.25, 0.3) is 0 Å². The van der Waals surface area contributed by atoms with Crippen molar-refractivity contribution in [3.05, 3.63) is 70.4 Å². The third-order valence-electron chi connectivity index (χ3n) is 7.97. The van der Waals surface area contributed by atoms with Crippen molar-refractivity contribution in [2.75, 3.05) is 44.7 Å². The topological polar surface area (TPSA) is 137 Å². The van der Waals surface area contributed by atoms with Gasteiger partial charge < -0.3 is 34.9 Å². The number of rotatable bonds is 7. The highest BCUT2D eigenvalue weighted by Crippen LogP contribution is 2.40. The number of carboxylic acids is 1. The van der Waals surface area contributed by atoms with Crippen LogP contribution in [0.3, 0.4) is 0 Å². The van der Waals surface area contributed by atoms with Gasteiger partial charge in [-0.2, -0.15) is 0 Å². The van der Waals surface area contributed by atoms with Gasteiger partial charge in [0.15, 0.2) is 5.82 Å². The van der Waals surface area contributed by atoms with Crippen molar-refractivity contribution in [1.29, 1.82) is 0 Å². The summed E-state index contributed by atoms with van der Waals surface area (Å²) < 4.78 is 37.5. The summed E-state index contributed by atoms with van der Waals surface area (Å²) in [6.07, 6.45) is 6.22. The van der Waals surface area contributed by atoms with E-state index in [1.807, 2.05) is 11.8 Å². The van der Waals surface area contributed by atoms with E-state index in [0.717, 1.165) is 19.0 Å². The molecule has 13 heteroatoms. The van der Waals surface area contributed by atoms with E-state index < -0.39 is 23.0 Å². The van der Waals surface area contributed by atoms with Crippen molar-refractivity contribution in [2.45, 2.75) is 25.5 Å². The number of carboxylic acid groups (broad SMARTS) is 1. The highest BCUT2D eigenvalue weighted by atomic mass is 19.1. The molecule has 2 aliphatic heterocycles. The zero-order valence-corrected chi connectivity index (χ0v) is 23.7. The maximum atomic E-state index is 16.3. The smallest absolute Gasteiger partial charge is 0.341 e. The number of aromatic carboxylic acids is 1. The van der Waals surface area contributed by atoms with E-state index in [2.05, 4.69) is 32.2 Å². The van der Waals surface area contributed by atoms with E-state index in [0.29, 0.717) is 48.7 Å². The molecule has 0 aromatic carbocycles. The van der Waals surface area contributed by atoms with Gasteiger partial charge >= 0.3 is 5.97 Å². The SMILES string of the molecule is C=C(F)/C=C(/NC)c1[nH]c2ncc(-c3cnc4c(c3)c(=O)c(C(=O)O)cn4[C@H]3CCNC3)c(N3CCO[C@@H](C)C3)c2c1F. The number of nitrogens with one attached hydrogen (secondary N) is 3. The van der Waals surface area contributed by atoms with Gasteiger partial charge in [0.2, 0.25) is 5.43 Å². The predicted octanol–water partition coefficient (Wildman–Crippen LogP) is 3.58. The number of H-pyrrole nitrogens is 1. The largest absolute Gasteiger partial charge is 0.477 e. The Hall–Kier alpha value is -4.62. The molecule has 0 bridgehead atoms. The Morgan fingerprint density at radius 2 is 2.14 bits per heavy atom. The second-order valence-corrected chi connectivity index (χ2v) is 10.8. The quantitative estimate of drug-likeness (QED) is 0.238. The van der Waals surface area contributed by atoms with Gasteiger partial charge in [-0.25, -0.2) is 23.5 Å². The van der Waals surface area contributed by atoms with Crippen molar-refractivity contribution in [3.63, 3.8) is 0 Å². The molecule has 4 N–H and O–H groups in total. The Morgan fingerprint density at radius 3 is 2.81 bits per heavy atom. The summed E-state index contributed by atoms with van der Waals surface area (Å²) in [5.41, 5.74) is 1.25. The second-order valence-electron chi connectivity index (χ2n) is 10.8. The first-order valence-corrected chi connectivity index (χ1v) is 14.0. The molecular weight excluding hydrogens is 560 g/mol. The summed E-state index contributed by atoms with van der Waals surface area (Å²) in [6, 6.07) is 1.54. The number of allylic oxidation sites excluding steroid dienone is 2. The first-order chi connectivity index (χ1) is 20.7. The van der Waals surface area contributed by atoms with Crippen LogP contribution in [0.2, 0.25) is 0 Å². The molecule has 2 aliphatic rings. The fourth-order valence-corrected chi connectivity index (χ4v) is 5.96. The molecule has 0 radical (unpaired) electrons. The van der Waals surface area contributed by atoms with Crippen LogP contribution in [0.4, 0.5) is 14.5 Å². The van der Waals surface area contributed by atoms with Gasteiger partial charge in [0, 0.05) is 62.4 Å². The molecule has 6 heterocycles. The number of aromatic nitrogens is 4. The molecule has 0 unspecified atom stereocenters. The first kappa shape index (κ1) is 28.5. The van der Waals surface area contributed by atoms with E-state index in [9.17, 15) is 19.1 Å². The second kappa shape index (κ2) is 11.2. The van der Waals surface area contributed by atoms with Gasteiger partial charge in [0.1, 0.15) is 28.4 Å². The standard InChI is InChI=1S/C30H31F2N7O4/c1-15(31)8-22(33-3)25-24(32)23-26(38-6-7-43-16(2)13-38)20(12-35-28(23)37-25)17-9-19-27(40)21(30(41)42)14-39(29(19)36-10-17)18-4-5-34-11-18/h8-10,12,14,16,18,33-34H,1,4-7,11,13H2,2-3H3,(H,35,37)(H,41,42)/b22-8+/t16-,18-/m0/s1. The van der Waals surface area contributed by atoms with Crippen LogP contribution in [0.5, 0.6) is 0 Å². The van der Waals surface area contributed by atoms with E-state index in [4.69, 9.17) is 4.74 Å². The fraction of sp³-hybridized carbons (Fsp3) is 0.333. The molecule has 4 aromatic rings. The molecule has 43 heavy (non-hydrogen) atoms. The lowest BCUT2D eigenvalue weighted by Gasteiger charge is -2.34. The molecule has 0 amide bonds.